The number of aromatic nitrogens is 2. The van der Waals surface area contributed by atoms with E-state index in [1.54, 1.807) is 0 Å². The van der Waals surface area contributed by atoms with Crippen LogP contribution in [-0.2, 0) is 22.6 Å². The molecule has 2 aliphatic rings. The van der Waals surface area contributed by atoms with Crippen molar-refractivity contribution in [1.82, 2.24) is 19.4 Å². The molecule has 28 heavy (non-hydrogen) atoms. The number of esters is 1. The molecule has 0 aromatic carbocycles. The molecule has 2 aromatic rings. The highest BCUT2D eigenvalue weighted by Crippen LogP contribution is 2.43. The second-order valence-electron chi connectivity index (χ2n) is 8.28. The number of ether oxygens (including phenoxy) is 1. The largest absolute Gasteiger partial charge is 0.465 e. The summed E-state index contributed by atoms with van der Waals surface area (Å²) in [6, 6.07) is 4.04. The molecule has 2 aromatic heterocycles. The van der Waals surface area contributed by atoms with Gasteiger partial charge in [0.25, 0.3) is 0 Å². The van der Waals surface area contributed by atoms with E-state index in [1.165, 1.54) is 16.4 Å². The van der Waals surface area contributed by atoms with Gasteiger partial charge in [-0.25, -0.2) is 0 Å². The van der Waals surface area contributed by atoms with Gasteiger partial charge in [-0.2, -0.15) is 0 Å². The molecule has 1 spiro atoms. The maximum absolute atomic E-state index is 12.7. The molecule has 2 aliphatic heterocycles. The molecule has 0 radical (unpaired) electrons. The molecule has 0 saturated carbocycles. The lowest BCUT2D eigenvalue weighted by atomic mass is 9.76. The Bertz CT molecular complexity index is 825. The van der Waals surface area contributed by atoms with E-state index in [-0.39, 0.29) is 17.5 Å². The van der Waals surface area contributed by atoms with E-state index in [0.29, 0.717) is 0 Å². The van der Waals surface area contributed by atoms with Crippen molar-refractivity contribution < 1.29 is 13.9 Å². The highest BCUT2D eigenvalue weighted by atomic mass is 32.1. The van der Waals surface area contributed by atoms with Gasteiger partial charge in [0.1, 0.15) is 17.6 Å². The Labute approximate surface area is 169 Å². The van der Waals surface area contributed by atoms with E-state index in [9.17, 15) is 4.79 Å². The van der Waals surface area contributed by atoms with Crippen molar-refractivity contribution in [2.75, 3.05) is 26.7 Å². The van der Waals surface area contributed by atoms with Gasteiger partial charge >= 0.3 is 5.97 Å². The van der Waals surface area contributed by atoms with Gasteiger partial charge in [-0.3, -0.25) is 14.6 Å². The Morgan fingerprint density at radius 3 is 2.75 bits per heavy atom. The Morgan fingerprint density at radius 2 is 2.11 bits per heavy atom. The number of hydrogen-bond donors (Lipinski definition) is 0. The van der Waals surface area contributed by atoms with Crippen molar-refractivity contribution in [3.63, 3.8) is 0 Å². The summed E-state index contributed by atoms with van der Waals surface area (Å²) in [6.07, 6.45) is 2.52. The summed E-state index contributed by atoms with van der Waals surface area (Å²) >= 11 is 1.44. The van der Waals surface area contributed by atoms with Crippen molar-refractivity contribution >= 4 is 17.5 Å². The standard InChI is InChI=1S/C20H28N4O3S/c1-14-4-5-16(26-14)12-24-8-6-20(7-9-24)10-17(27-19(20)25)11-23(3)13-18-15(2)21-22-28-18/h4-5,17H,6-13H2,1-3H3. The molecule has 4 heterocycles. The van der Waals surface area contributed by atoms with Crippen molar-refractivity contribution in [3.05, 3.63) is 34.2 Å². The molecule has 0 amide bonds. The summed E-state index contributed by atoms with van der Waals surface area (Å²) in [4.78, 5) is 18.4. The number of furan rings is 1. The Balaban J connectivity index is 1.29. The van der Waals surface area contributed by atoms with Crippen LogP contribution in [0.5, 0.6) is 0 Å². The van der Waals surface area contributed by atoms with Crippen LogP contribution in [0.2, 0.25) is 0 Å². The topological polar surface area (TPSA) is 71.7 Å². The summed E-state index contributed by atoms with van der Waals surface area (Å²) in [6.45, 7) is 8.11. The molecule has 0 bridgehead atoms. The van der Waals surface area contributed by atoms with Gasteiger partial charge in [0.05, 0.1) is 22.5 Å². The number of likely N-dealkylation sites (N-methyl/N-ethyl adjacent to an activating group) is 1. The normalized spacial score (nSPS) is 22.3. The van der Waals surface area contributed by atoms with Crippen LogP contribution in [-0.4, -0.2) is 58.1 Å². The van der Waals surface area contributed by atoms with Crippen molar-refractivity contribution in [2.45, 2.75) is 52.3 Å². The van der Waals surface area contributed by atoms with Crippen LogP contribution in [0.25, 0.3) is 0 Å². The predicted molar refractivity (Wildman–Crippen MR) is 106 cm³/mol. The summed E-state index contributed by atoms with van der Waals surface area (Å²) < 4.78 is 15.5. The smallest absolute Gasteiger partial charge is 0.312 e. The number of hydrogen-bond acceptors (Lipinski definition) is 8. The zero-order valence-electron chi connectivity index (χ0n) is 16.8. The minimum atomic E-state index is -0.303. The molecule has 1 atom stereocenters. The molecular weight excluding hydrogens is 376 g/mol. The van der Waals surface area contributed by atoms with Crippen LogP contribution in [0.1, 0.15) is 41.4 Å². The Morgan fingerprint density at radius 1 is 1.32 bits per heavy atom. The number of rotatable bonds is 6. The molecule has 1 unspecified atom stereocenters. The molecule has 2 saturated heterocycles. The van der Waals surface area contributed by atoms with E-state index >= 15 is 0 Å². The fraction of sp³-hybridized carbons (Fsp3) is 0.650. The fourth-order valence-corrected chi connectivity index (χ4v) is 5.04. The van der Waals surface area contributed by atoms with E-state index in [1.807, 2.05) is 26.0 Å². The van der Waals surface area contributed by atoms with E-state index in [2.05, 4.69) is 26.4 Å². The number of carbonyl (C=O) groups is 1. The van der Waals surface area contributed by atoms with Gasteiger partial charge < -0.3 is 9.15 Å². The number of aryl methyl sites for hydroxylation is 2. The van der Waals surface area contributed by atoms with Crippen molar-refractivity contribution in [1.29, 1.82) is 0 Å². The first-order valence-corrected chi connectivity index (χ1v) is 10.7. The number of likely N-dealkylation sites (tertiary alicyclic amines) is 1. The number of carbonyl (C=O) groups excluding carboxylic acids is 1. The SMILES string of the molecule is Cc1ccc(CN2CCC3(CC2)CC(CN(C)Cc2snnc2C)OC3=O)o1. The highest BCUT2D eigenvalue weighted by molar-refractivity contribution is 7.05. The minimum absolute atomic E-state index is 0.00460. The lowest BCUT2D eigenvalue weighted by Crippen LogP contribution is -2.42. The molecule has 0 N–H and O–H groups in total. The second kappa shape index (κ2) is 7.93. The maximum Gasteiger partial charge on any atom is 0.312 e. The molecule has 4 rings (SSSR count). The number of cyclic esters (lactones) is 1. The average molecular weight is 405 g/mol. The first-order chi connectivity index (χ1) is 13.4. The number of piperidine rings is 1. The summed E-state index contributed by atoms with van der Waals surface area (Å²) in [5.74, 6) is 1.93. The third-order valence-electron chi connectivity index (χ3n) is 5.99. The first-order valence-electron chi connectivity index (χ1n) is 9.89. The molecule has 0 aliphatic carbocycles. The molecular formula is C20H28N4O3S. The predicted octanol–water partition coefficient (Wildman–Crippen LogP) is 2.78. The van der Waals surface area contributed by atoms with Gasteiger partial charge in [-0.1, -0.05) is 4.49 Å². The fourth-order valence-electron chi connectivity index (χ4n) is 4.33. The molecule has 8 heteroatoms. The summed E-state index contributed by atoms with van der Waals surface area (Å²) in [5, 5.41) is 4.07. The van der Waals surface area contributed by atoms with Crippen molar-refractivity contribution in [2.24, 2.45) is 5.41 Å². The third-order valence-corrected chi connectivity index (χ3v) is 6.80. The van der Waals surface area contributed by atoms with Gasteiger partial charge in [0, 0.05) is 19.5 Å². The maximum atomic E-state index is 12.7. The van der Waals surface area contributed by atoms with Crippen LogP contribution in [0, 0.1) is 19.3 Å². The van der Waals surface area contributed by atoms with Gasteiger partial charge in [0.15, 0.2) is 0 Å². The van der Waals surface area contributed by atoms with Crippen LogP contribution < -0.4 is 0 Å². The van der Waals surface area contributed by atoms with Gasteiger partial charge in [-0.05, 0) is 70.5 Å². The van der Waals surface area contributed by atoms with Gasteiger partial charge in [-0.15, -0.1) is 5.10 Å². The van der Waals surface area contributed by atoms with Crippen LogP contribution >= 0.6 is 11.5 Å². The van der Waals surface area contributed by atoms with Gasteiger partial charge in [0.2, 0.25) is 0 Å². The molecule has 7 nitrogen and oxygen atoms in total. The molecule has 152 valence electrons. The first kappa shape index (κ1) is 19.5. The monoisotopic (exact) mass is 404 g/mol. The lowest BCUT2D eigenvalue weighted by molar-refractivity contribution is -0.151. The Hall–Kier alpha value is -1.77. The Kier molecular flexibility index (Phi) is 5.53. The van der Waals surface area contributed by atoms with Crippen molar-refractivity contribution in [3.8, 4) is 0 Å². The van der Waals surface area contributed by atoms with Crippen LogP contribution in [0.3, 0.4) is 0 Å². The number of nitrogens with zero attached hydrogens (tertiary/aromatic N) is 4. The lowest BCUT2D eigenvalue weighted by Gasteiger charge is -2.36. The van der Waals surface area contributed by atoms with Crippen LogP contribution in [0.15, 0.2) is 16.5 Å². The highest BCUT2D eigenvalue weighted by Gasteiger charge is 2.50. The summed E-state index contributed by atoms with van der Waals surface area (Å²) in [5.41, 5.74) is 0.680. The third kappa shape index (κ3) is 4.14. The minimum Gasteiger partial charge on any atom is -0.465 e. The zero-order chi connectivity index (χ0) is 19.7. The second-order valence-corrected chi connectivity index (χ2v) is 9.12. The van der Waals surface area contributed by atoms with E-state index in [4.69, 9.17) is 9.15 Å². The van der Waals surface area contributed by atoms with E-state index < -0.39 is 0 Å². The summed E-state index contributed by atoms with van der Waals surface area (Å²) in [7, 11) is 2.06. The average Bonchev–Trinajstić information content (AvgIpc) is 3.32. The van der Waals surface area contributed by atoms with E-state index in [0.717, 1.165) is 69.2 Å². The van der Waals surface area contributed by atoms with Crippen LogP contribution in [0.4, 0.5) is 0 Å². The molecule has 2 fully saturated rings. The zero-order valence-corrected chi connectivity index (χ0v) is 17.6. The quantitative estimate of drug-likeness (QED) is 0.686.